The third-order valence-corrected chi connectivity index (χ3v) is 4.47. The molecule has 3 heteroatoms. The van der Waals surface area contributed by atoms with Crippen LogP contribution in [0.15, 0.2) is 45.3 Å². The minimum absolute atomic E-state index is 0.615. The molecule has 0 aliphatic rings. The first-order valence-corrected chi connectivity index (χ1v) is 7.28. The second-order valence-electron chi connectivity index (χ2n) is 4.44. The second kappa shape index (κ2) is 5.55. The molecule has 1 atom stereocenters. The van der Waals surface area contributed by atoms with Crippen LogP contribution in [0.2, 0.25) is 0 Å². The zero-order chi connectivity index (χ0) is 13.3. The number of benzene rings is 2. The highest BCUT2D eigenvalue weighted by atomic mass is 79.9. The molecule has 18 heavy (non-hydrogen) atoms. The lowest BCUT2D eigenvalue weighted by atomic mass is 9.99. The van der Waals surface area contributed by atoms with Crippen molar-refractivity contribution < 1.29 is 5.11 Å². The molecule has 0 spiro atoms. The summed E-state index contributed by atoms with van der Waals surface area (Å²) in [5.41, 5.74) is 4.07. The van der Waals surface area contributed by atoms with Crippen molar-refractivity contribution in [1.82, 2.24) is 0 Å². The van der Waals surface area contributed by atoms with E-state index >= 15 is 0 Å². The summed E-state index contributed by atoms with van der Waals surface area (Å²) < 4.78 is 1.93. The lowest BCUT2D eigenvalue weighted by Gasteiger charge is -2.15. The zero-order valence-electron chi connectivity index (χ0n) is 10.2. The van der Waals surface area contributed by atoms with E-state index in [1.165, 1.54) is 0 Å². The molecule has 0 saturated heterocycles. The Balaban J connectivity index is 2.46. The van der Waals surface area contributed by atoms with E-state index in [1.54, 1.807) is 0 Å². The normalized spacial score (nSPS) is 12.5. The fourth-order valence-electron chi connectivity index (χ4n) is 1.89. The van der Waals surface area contributed by atoms with E-state index < -0.39 is 6.10 Å². The van der Waals surface area contributed by atoms with Gasteiger partial charge < -0.3 is 5.11 Å². The fourth-order valence-corrected chi connectivity index (χ4v) is 2.93. The van der Waals surface area contributed by atoms with Gasteiger partial charge >= 0.3 is 0 Å². The molecule has 0 aliphatic carbocycles. The van der Waals surface area contributed by atoms with Gasteiger partial charge in [-0.3, -0.25) is 0 Å². The summed E-state index contributed by atoms with van der Waals surface area (Å²) in [4.78, 5) is 0. The number of hydrogen-bond acceptors (Lipinski definition) is 1. The summed E-state index contributed by atoms with van der Waals surface area (Å²) >= 11 is 7.02. The highest BCUT2D eigenvalue weighted by Gasteiger charge is 2.15. The SMILES string of the molecule is Cc1cccc(C(O)c2cc(Br)c(C)cc2Br)c1. The number of hydrogen-bond donors (Lipinski definition) is 1. The van der Waals surface area contributed by atoms with Gasteiger partial charge in [0.15, 0.2) is 0 Å². The van der Waals surface area contributed by atoms with Crippen molar-refractivity contribution >= 4 is 31.9 Å². The second-order valence-corrected chi connectivity index (χ2v) is 6.15. The van der Waals surface area contributed by atoms with Crippen LogP contribution in [0.25, 0.3) is 0 Å². The third-order valence-electron chi connectivity index (χ3n) is 2.93. The first-order valence-electron chi connectivity index (χ1n) is 5.69. The van der Waals surface area contributed by atoms with Crippen molar-refractivity contribution in [3.63, 3.8) is 0 Å². The molecule has 0 heterocycles. The molecule has 94 valence electrons. The summed E-state index contributed by atoms with van der Waals surface area (Å²) in [7, 11) is 0. The maximum atomic E-state index is 10.5. The van der Waals surface area contributed by atoms with Crippen molar-refractivity contribution in [2.45, 2.75) is 20.0 Å². The molecule has 1 nitrogen and oxygen atoms in total. The summed E-state index contributed by atoms with van der Waals surface area (Å²) in [5.74, 6) is 0. The lowest BCUT2D eigenvalue weighted by Crippen LogP contribution is -2.01. The average molecular weight is 370 g/mol. The highest BCUT2D eigenvalue weighted by molar-refractivity contribution is 9.11. The topological polar surface area (TPSA) is 20.2 Å². The minimum atomic E-state index is -0.615. The fraction of sp³-hybridized carbons (Fsp3) is 0.200. The Bertz CT molecular complexity index is 579. The molecule has 2 rings (SSSR count). The van der Waals surface area contributed by atoms with E-state index in [9.17, 15) is 5.11 Å². The smallest absolute Gasteiger partial charge is 0.105 e. The molecule has 0 amide bonds. The van der Waals surface area contributed by atoms with Crippen molar-refractivity contribution in [2.75, 3.05) is 0 Å². The predicted molar refractivity (Wildman–Crippen MR) is 81.8 cm³/mol. The van der Waals surface area contributed by atoms with E-state index in [2.05, 4.69) is 31.9 Å². The first-order chi connectivity index (χ1) is 8.49. The van der Waals surface area contributed by atoms with Crippen LogP contribution in [-0.2, 0) is 0 Å². The standard InChI is InChI=1S/C15H14Br2O/c1-9-4-3-5-11(6-9)15(18)12-8-13(16)10(2)7-14(12)17/h3-8,15,18H,1-2H3. The van der Waals surface area contributed by atoms with Gasteiger partial charge in [-0.05, 0) is 37.1 Å². The van der Waals surface area contributed by atoms with Gasteiger partial charge in [-0.1, -0.05) is 61.7 Å². The lowest BCUT2D eigenvalue weighted by molar-refractivity contribution is 0.219. The average Bonchev–Trinajstić information content (AvgIpc) is 2.33. The van der Waals surface area contributed by atoms with Gasteiger partial charge in [0.25, 0.3) is 0 Å². The summed E-state index contributed by atoms with van der Waals surface area (Å²) in [5, 5.41) is 10.5. The van der Waals surface area contributed by atoms with E-state index in [-0.39, 0.29) is 0 Å². The molecule has 2 aromatic rings. The van der Waals surface area contributed by atoms with Crippen molar-refractivity contribution in [2.24, 2.45) is 0 Å². The quantitative estimate of drug-likeness (QED) is 0.797. The van der Waals surface area contributed by atoms with Gasteiger partial charge in [-0.2, -0.15) is 0 Å². The Morgan fingerprint density at radius 2 is 1.72 bits per heavy atom. The monoisotopic (exact) mass is 368 g/mol. The van der Waals surface area contributed by atoms with Crippen molar-refractivity contribution in [3.05, 3.63) is 67.6 Å². The summed E-state index contributed by atoms with van der Waals surface area (Å²) in [6.45, 7) is 4.05. The molecule has 0 fully saturated rings. The highest BCUT2D eigenvalue weighted by Crippen LogP contribution is 2.33. The van der Waals surface area contributed by atoms with Gasteiger partial charge in [0.1, 0.15) is 6.10 Å². The van der Waals surface area contributed by atoms with Crippen LogP contribution in [0.3, 0.4) is 0 Å². The maximum Gasteiger partial charge on any atom is 0.105 e. The molecule has 1 N–H and O–H groups in total. The molecule has 0 aromatic heterocycles. The van der Waals surface area contributed by atoms with E-state index in [4.69, 9.17) is 0 Å². The van der Waals surface area contributed by atoms with Gasteiger partial charge in [0.2, 0.25) is 0 Å². The molecule has 0 aliphatic heterocycles. The van der Waals surface area contributed by atoms with Gasteiger partial charge in [-0.25, -0.2) is 0 Å². The molecular weight excluding hydrogens is 356 g/mol. The number of rotatable bonds is 2. The summed E-state index contributed by atoms with van der Waals surface area (Å²) in [6, 6.07) is 11.9. The zero-order valence-corrected chi connectivity index (χ0v) is 13.4. The predicted octanol–water partition coefficient (Wildman–Crippen LogP) is 4.91. The van der Waals surface area contributed by atoms with Gasteiger partial charge in [0.05, 0.1) is 0 Å². The van der Waals surface area contributed by atoms with Crippen LogP contribution in [0.4, 0.5) is 0 Å². The van der Waals surface area contributed by atoms with Crippen LogP contribution in [0.1, 0.15) is 28.4 Å². The molecule has 0 radical (unpaired) electrons. The van der Waals surface area contributed by atoms with Crippen molar-refractivity contribution in [1.29, 1.82) is 0 Å². The van der Waals surface area contributed by atoms with Gasteiger partial charge in [0, 0.05) is 14.5 Å². The molecular formula is C15H14Br2O. The molecule has 0 bridgehead atoms. The van der Waals surface area contributed by atoms with Crippen LogP contribution in [0, 0.1) is 13.8 Å². The Labute approximate surface area is 124 Å². The van der Waals surface area contributed by atoms with Crippen LogP contribution < -0.4 is 0 Å². The van der Waals surface area contributed by atoms with E-state index in [1.807, 2.05) is 50.2 Å². The molecule has 2 aromatic carbocycles. The number of aryl methyl sites for hydroxylation is 2. The Morgan fingerprint density at radius 3 is 2.39 bits per heavy atom. The third kappa shape index (κ3) is 2.85. The van der Waals surface area contributed by atoms with E-state index in [0.717, 1.165) is 31.2 Å². The van der Waals surface area contributed by atoms with Crippen LogP contribution in [-0.4, -0.2) is 5.11 Å². The Morgan fingerprint density at radius 1 is 1.00 bits per heavy atom. The first kappa shape index (κ1) is 13.8. The van der Waals surface area contributed by atoms with E-state index in [0.29, 0.717) is 0 Å². The molecule has 0 saturated carbocycles. The maximum absolute atomic E-state index is 10.5. The Kier molecular flexibility index (Phi) is 4.25. The largest absolute Gasteiger partial charge is 0.384 e. The number of aliphatic hydroxyl groups is 1. The number of halogens is 2. The van der Waals surface area contributed by atoms with Crippen LogP contribution >= 0.6 is 31.9 Å². The Hall–Kier alpha value is -0.640. The minimum Gasteiger partial charge on any atom is -0.384 e. The van der Waals surface area contributed by atoms with Crippen LogP contribution in [0.5, 0.6) is 0 Å². The summed E-state index contributed by atoms with van der Waals surface area (Å²) in [6.07, 6.45) is -0.615. The van der Waals surface area contributed by atoms with Crippen molar-refractivity contribution in [3.8, 4) is 0 Å². The molecule has 1 unspecified atom stereocenters. The number of aliphatic hydroxyl groups excluding tert-OH is 1. The van der Waals surface area contributed by atoms with Gasteiger partial charge in [-0.15, -0.1) is 0 Å².